The zero-order chi connectivity index (χ0) is 15.4. The maximum Gasteiger partial charge on any atom is 0.287 e. The fraction of sp³-hybridized carbons (Fsp3) is 0.200. The number of rotatable bonds is 4. The first kappa shape index (κ1) is 15.3. The number of aromatic amines is 1. The van der Waals surface area contributed by atoms with Gasteiger partial charge in [0.2, 0.25) is 0 Å². The zero-order valence-corrected chi connectivity index (χ0v) is 13.6. The van der Waals surface area contributed by atoms with E-state index in [0.717, 1.165) is 21.3 Å². The van der Waals surface area contributed by atoms with Crippen molar-refractivity contribution in [1.29, 1.82) is 0 Å². The number of benzene rings is 1. The lowest BCUT2D eigenvalue weighted by Gasteiger charge is -2.09. The van der Waals surface area contributed by atoms with E-state index in [0.29, 0.717) is 11.4 Å². The molecule has 0 atom stereocenters. The average Bonchev–Trinajstić information content (AvgIpc) is 2.91. The highest BCUT2D eigenvalue weighted by Gasteiger charge is 2.09. The van der Waals surface area contributed by atoms with Gasteiger partial charge in [0, 0.05) is 16.2 Å². The van der Waals surface area contributed by atoms with Crippen molar-refractivity contribution in [1.82, 2.24) is 10.4 Å². The number of ether oxygens (including phenoxy) is 1. The first-order valence-electron chi connectivity index (χ1n) is 6.35. The molecule has 6 heteroatoms. The molecule has 2 aromatic rings. The maximum absolute atomic E-state index is 11.9. The Morgan fingerprint density at radius 3 is 2.76 bits per heavy atom. The van der Waals surface area contributed by atoms with E-state index in [9.17, 15) is 4.79 Å². The van der Waals surface area contributed by atoms with E-state index in [2.05, 4.69) is 31.4 Å². The number of nitrogens with zero attached hydrogens (tertiary/aromatic N) is 1. The van der Waals surface area contributed by atoms with Crippen molar-refractivity contribution in [2.24, 2.45) is 5.10 Å². The topological polar surface area (TPSA) is 66.5 Å². The Bertz CT molecular complexity index is 692. The van der Waals surface area contributed by atoms with Gasteiger partial charge in [0.1, 0.15) is 11.4 Å². The predicted octanol–water partition coefficient (Wildman–Crippen LogP) is 3.25. The van der Waals surface area contributed by atoms with Crippen LogP contribution in [0.2, 0.25) is 0 Å². The van der Waals surface area contributed by atoms with Crippen LogP contribution in [0.3, 0.4) is 0 Å². The van der Waals surface area contributed by atoms with Crippen molar-refractivity contribution in [3.8, 4) is 5.75 Å². The highest BCUT2D eigenvalue weighted by Crippen LogP contribution is 2.20. The molecule has 0 fully saturated rings. The third kappa shape index (κ3) is 3.72. The summed E-state index contributed by atoms with van der Waals surface area (Å²) in [7, 11) is 1.61. The van der Waals surface area contributed by atoms with Crippen LogP contribution in [-0.2, 0) is 0 Å². The summed E-state index contributed by atoms with van der Waals surface area (Å²) in [5.74, 6) is 0.422. The highest BCUT2D eigenvalue weighted by molar-refractivity contribution is 9.10. The average molecular weight is 350 g/mol. The number of amides is 1. The van der Waals surface area contributed by atoms with Crippen LogP contribution in [0.1, 0.15) is 28.5 Å². The number of hydrogen-bond acceptors (Lipinski definition) is 3. The quantitative estimate of drug-likeness (QED) is 0.657. The summed E-state index contributed by atoms with van der Waals surface area (Å²) in [5, 5.41) is 4.13. The van der Waals surface area contributed by atoms with E-state index in [4.69, 9.17) is 4.74 Å². The molecule has 1 aromatic carbocycles. The number of halogens is 1. The standard InChI is InChI=1S/C15H16BrN3O2/c1-9-4-5-14(21-3)12(6-9)10(2)18-19-15(20)13-7-11(16)8-17-13/h4-8,17H,1-3H3,(H,19,20)/b18-10-. The van der Waals surface area contributed by atoms with Crippen molar-refractivity contribution in [2.45, 2.75) is 13.8 Å². The number of aromatic nitrogens is 1. The smallest absolute Gasteiger partial charge is 0.287 e. The Morgan fingerprint density at radius 2 is 2.14 bits per heavy atom. The Labute approximate surface area is 131 Å². The summed E-state index contributed by atoms with van der Waals surface area (Å²) in [6, 6.07) is 7.50. The van der Waals surface area contributed by atoms with Crippen molar-refractivity contribution in [3.63, 3.8) is 0 Å². The van der Waals surface area contributed by atoms with E-state index < -0.39 is 0 Å². The number of hydrazone groups is 1. The summed E-state index contributed by atoms with van der Waals surface area (Å²) in [6.07, 6.45) is 1.69. The highest BCUT2D eigenvalue weighted by atomic mass is 79.9. The second-order valence-corrected chi connectivity index (χ2v) is 5.49. The number of aryl methyl sites for hydroxylation is 1. The molecular weight excluding hydrogens is 334 g/mol. The number of carbonyl (C=O) groups is 1. The first-order chi connectivity index (χ1) is 10.0. The van der Waals surface area contributed by atoms with Gasteiger partial charge >= 0.3 is 0 Å². The molecule has 1 aromatic heterocycles. The first-order valence-corrected chi connectivity index (χ1v) is 7.14. The largest absolute Gasteiger partial charge is 0.496 e. The van der Waals surface area contributed by atoms with E-state index in [1.165, 1.54) is 0 Å². The van der Waals surface area contributed by atoms with Gasteiger partial charge in [-0.15, -0.1) is 0 Å². The molecule has 0 aliphatic heterocycles. The molecule has 0 radical (unpaired) electrons. The van der Waals surface area contributed by atoms with Gasteiger partial charge in [-0.05, 0) is 48.0 Å². The maximum atomic E-state index is 11.9. The number of carbonyl (C=O) groups excluding carboxylic acids is 1. The van der Waals surface area contributed by atoms with Gasteiger partial charge < -0.3 is 9.72 Å². The number of methoxy groups -OCH3 is 1. The van der Waals surface area contributed by atoms with Crippen LogP contribution in [0.4, 0.5) is 0 Å². The van der Waals surface area contributed by atoms with Gasteiger partial charge in [0.25, 0.3) is 5.91 Å². The summed E-state index contributed by atoms with van der Waals surface area (Å²) < 4.78 is 6.12. The Kier molecular flexibility index (Phi) is 4.80. The summed E-state index contributed by atoms with van der Waals surface area (Å²) in [5.41, 5.74) is 5.59. The van der Waals surface area contributed by atoms with Crippen LogP contribution in [0.25, 0.3) is 0 Å². The molecule has 0 aliphatic rings. The SMILES string of the molecule is COc1ccc(C)cc1/C(C)=N\NC(=O)c1cc(Br)c[nH]1. The molecule has 0 saturated carbocycles. The van der Waals surface area contributed by atoms with Gasteiger partial charge in [-0.25, -0.2) is 5.43 Å². The number of hydrogen-bond donors (Lipinski definition) is 2. The molecule has 0 unspecified atom stereocenters. The van der Waals surface area contributed by atoms with Crippen molar-refractivity contribution in [3.05, 3.63) is 51.8 Å². The van der Waals surface area contributed by atoms with E-state index in [1.54, 1.807) is 19.4 Å². The molecule has 0 bridgehead atoms. The normalized spacial score (nSPS) is 11.3. The molecule has 0 saturated heterocycles. The summed E-state index contributed by atoms with van der Waals surface area (Å²) in [4.78, 5) is 14.8. The zero-order valence-electron chi connectivity index (χ0n) is 12.0. The number of nitrogens with one attached hydrogen (secondary N) is 2. The Hall–Kier alpha value is -2.08. The van der Waals surface area contributed by atoms with Crippen LogP contribution in [0, 0.1) is 6.92 Å². The van der Waals surface area contributed by atoms with Gasteiger partial charge in [-0.3, -0.25) is 4.79 Å². The second-order valence-electron chi connectivity index (χ2n) is 4.57. The molecule has 2 N–H and O–H groups in total. The third-order valence-electron chi connectivity index (χ3n) is 2.96. The molecule has 1 amide bonds. The molecule has 0 spiro atoms. The lowest BCUT2D eigenvalue weighted by molar-refractivity contribution is 0.0950. The number of H-pyrrole nitrogens is 1. The lowest BCUT2D eigenvalue weighted by Crippen LogP contribution is -2.19. The minimum Gasteiger partial charge on any atom is -0.496 e. The fourth-order valence-electron chi connectivity index (χ4n) is 1.86. The van der Waals surface area contributed by atoms with Crippen molar-refractivity contribution in [2.75, 3.05) is 7.11 Å². The van der Waals surface area contributed by atoms with E-state index in [-0.39, 0.29) is 5.91 Å². The molecule has 1 heterocycles. The van der Waals surface area contributed by atoms with Crippen LogP contribution in [-0.4, -0.2) is 23.7 Å². The molecule has 5 nitrogen and oxygen atoms in total. The van der Waals surface area contributed by atoms with Crippen molar-refractivity contribution < 1.29 is 9.53 Å². The summed E-state index contributed by atoms with van der Waals surface area (Å²) >= 11 is 3.28. The molecule has 0 aliphatic carbocycles. The Morgan fingerprint density at radius 1 is 1.38 bits per heavy atom. The van der Waals surface area contributed by atoms with Crippen LogP contribution in [0.5, 0.6) is 5.75 Å². The Balaban J connectivity index is 2.18. The third-order valence-corrected chi connectivity index (χ3v) is 3.42. The minimum absolute atomic E-state index is 0.299. The fourth-order valence-corrected chi connectivity index (χ4v) is 2.20. The summed E-state index contributed by atoms with van der Waals surface area (Å²) in [6.45, 7) is 3.81. The predicted molar refractivity (Wildman–Crippen MR) is 85.9 cm³/mol. The monoisotopic (exact) mass is 349 g/mol. The van der Waals surface area contributed by atoms with Gasteiger partial charge in [-0.2, -0.15) is 5.10 Å². The van der Waals surface area contributed by atoms with Crippen LogP contribution in [0.15, 0.2) is 40.0 Å². The molecule has 110 valence electrons. The molecule has 2 rings (SSSR count). The van der Waals surface area contributed by atoms with Gasteiger partial charge in [0.15, 0.2) is 0 Å². The molecule has 21 heavy (non-hydrogen) atoms. The van der Waals surface area contributed by atoms with E-state index >= 15 is 0 Å². The van der Waals surface area contributed by atoms with Crippen molar-refractivity contribution >= 4 is 27.5 Å². The van der Waals surface area contributed by atoms with Gasteiger partial charge in [-0.1, -0.05) is 11.6 Å². The lowest BCUT2D eigenvalue weighted by atomic mass is 10.1. The van der Waals surface area contributed by atoms with Crippen LogP contribution < -0.4 is 10.2 Å². The van der Waals surface area contributed by atoms with E-state index in [1.807, 2.05) is 32.0 Å². The second kappa shape index (κ2) is 6.58. The van der Waals surface area contributed by atoms with Crippen LogP contribution >= 0.6 is 15.9 Å². The van der Waals surface area contributed by atoms with Gasteiger partial charge in [0.05, 0.1) is 12.8 Å². The minimum atomic E-state index is -0.299. The molecular formula is C15H16BrN3O2.